The molecule has 3 heterocycles. The molecule has 0 bridgehead atoms. The SMILES string of the molecule is C[Si](C)(CC1CC(CC[Si](C)(C)O[Si](C)(C)CCC2CCC3OC3C2)CCC1CC[Si](C)(C)O[Si](C)(C)CCC1CCC2OC2C1)O[Si]CCC1CCC2OC2C1. The summed E-state index contributed by atoms with van der Waals surface area (Å²) in [5, 5.41) is 0. The third-order valence-electron chi connectivity index (χ3n) is 16.0. The molecule has 3 saturated heterocycles. The molecule has 7 rings (SSSR count). The smallest absolute Gasteiger partial charge is 0.215 e. The fraction of sp³-hybridized carbons (Fsp3) is 1.00. The highest BCUT2D eigenvalue weighted by Crippen LogP contribution is 2.47. The molecule has 0 aromatic heterocycles. The molecular weight excluding hydrogens is 805 g/mol. The van der Waals surface area contributed by atoms with Gasteiger partial charge in [-0.05, 0) is 208 Å². The van der Waals surface area contributed by atoms with Crippen molar-refractivity contribution in [2.75, 3.05) is 0 Å². The van der Waals surface area contributed by atoms with Crippen LogP contribution in [0.25, 0.3) is 0 Å². The van der Waals surface area contributed by atoms with Crippen LogP contribution in [0.15, 0.2) is 0 Å². The second kappa shape index (κ2) is 19.0. The van der Waals surface area contributed by atoms with E-state index >= 15 is 0 Å². The molecular formula is C45H88O6Si6. The van der Waals surface area contributed by atoms with Gasteiger partial charge in [0, 0.05) is 0 Å². The molecule has 4 saturated carbocycles. The van der Waals surface area contributed by atoms with Crippen molar-refractivity contribution in [2.45, 2.75) is 248 Å². The van der Waals surface area contributed by atoms with E-state index in [1.54, 1.807) is 0 Å². The highest BCUT2D eigenvalue weighted by molar-refractivity contribution is 6.85. The summed E-state index contributed by atoms with van der Waals surface area (Å²) >= 11 is 0. The first-order valence-corrected chi connectivity index (χ1v) is 41.3. The Hall–Kier alpha value is 1.06. The third-order valence-corrected chi connectivity index (χ3v) is 35.6. The lowest BCUT2D eigenvalue weighted by atomic mass is 9.73. The van der Waals surface area contributed by atoms with Crippen LogP contribution < -0.4 is 0 Å². The Morgan fingerprint density at radius 3 is 1.23 bits per heavy atom. The minimum absolute atomic E-state index is 0.600. The second-order valence-corrected chi connectivity index (χ2v) is 47.3. The zero-order chi connectivity index (χ0) is 40.6. The molecule has 12 unspecified atom stereocenters. The molecule has 57 heavy (non-hydrogen) atoms. The molecule has 4 aliphatic carbocycles. The summed E-state index contributed by atoms with van der Waals surface area (Å²) in [5.41, 5.74) is 0. The van der Waals surface area contributed by atoms with Gasteiger partial charge in [0.15, 0.2) is 41.6 Å². The van der Waals surface area contributed by atoms with E-state index in [1.165, 1.54) is 145 Å². The normalized spacial score (nSPS) is 36.9. The molecule has 6 nitrogen and oxygen atoms in total. The molecule has 0 amide bonds. The Morgan fingerprint density at radius 2 is 0.789 bits per heavy atom. The van der Waals surface area contributed by atoms with Crippen LogP contribution in [0.1, 0.15) is 109 Å². The average molecular weight is 894 g/mol. The number of hydrogen-bond acceptors (Lipinski definition) is 6. The van der Waals surface area contributed by atoms with E-state index in [2.05, 4.69) is 65.5 Å². The van der Waals surface area contributed by atoms with Gasteiger partial charge in [-0.2, -0.15) is 0 Å². The Bertz CT molecular complexity index is 1300. The van der Waals surface area contributed by atoms with Gasteiger partial charge >= 0.3 is 0 Å². The van der Waals surface area contributed by atoms with E-state index < -0.39 is 41.6 Å². The number of epoxide rings is 3. The largest absolute Gasteiger partial charge is 0.456 e. The van der Waals surface area contributed by atoms with Crippen molar-refractivity contribution in [1.29, 1.82) is 0 Å². The maximum Gasteiger partial charge on any atom is 0.215 e. The molecule has 12 atom stereocenters. The van der Waals surface area contributed by atoms with Crippen molar-refractivity contribution in [3.05, 3.63) is 0 Å². The Kier molecular flexibility index (Phi) is 15.4. The van der Waals surface area contributed by atoms with Crippen molar-refractivity contribution < 1.29 is 26.6 Å². The molecule has 0 aromatic rings. The molecule has 0 aromatic carbocycles. The molecule has 3 aliphatic heterocycles. The van der Waals surface area contributed by atoms with Crippen molar-refractivity contribution in [1.82, 2.24) is 0 Å². The molecule has 12 heteroatoms. The predicted octanol–water partition coefficient (Wildman–Crippen LogP) is 12.8. The van der Waals surface area contributed by atoms with E-state index in [4.69, 9.17) is 26.6 Å². The topological polar surface area (TPSA) is 65.3 Å². The summed E-state index contributed by atoms with van der Waals surface area (Å²) in [7, 11) is -7.91. The molecule has 0 spiro atoms. The monoisotopic (exact) mass is 893 g/mol. The highest BCUT2D eigenvalue weighted by atomic mass is 28.4. The summed E-state index contributed by atoms with van der Waals surface area (Å²) in [6.45, 7) is 25.4. The van der Waals surface area contributed by atoms with Gasteiger partial charge in [0.1, 0.15) is 0 Å². The average Bonchev–Trinajstić information content (AvgIpc) is 4.01. The van der Waals surface area contributed by atoms with Gasteiger partial charge < -0.3 is 26.6 Å². The van der Waals surface area contributed by atoms with Crippen molar-refractivity contribution in [3.63, 3.8) is 0 Å². The van der Waals surface area contributed by atoms with Crippen molar-refractivity contribution in [2.24, 2.45) is 35.5 Å². The van der Waals surface area contributed by atoms with Gasteiger partial charge in [-0.3, -0.25) is 0 Å². The summed E-state index contributed by atoms with van der Waals surface area (Å²) in [4.78, 5) is 0. The van der Waals surface area contributed by atoms with Crippen LogP contribution in [-0.2, 0) is 26.6 Å². The number of ether oxygens (including phenoxy) is 3. The molecule has 7 fully saturated rings. The Morgan fingerprint density at radius 1 is 0.404 bits per heavy atom. The van der Waals surface area contributed by atoms with Gasteiger partial charge in [0.25, 0.3) is 0 Å². The van der Waals surface area contributed by atoms with Crippen LogP contribution in [0.2, 0.25) is 102 Å². The first-order valence-electron chi connectivity index (χ1n) is 24.6. The van der Waals surface area contributed by atoms with Gasteiger partial charge in [0.05, 0.1) is 36.6 Å². The minimum atomic E-state index is -1.77. The van der Waals surface area contributed by atoms with Gasteiger partial charge in [-0.1, -0.05) is 38.5 Å². The van der Waals surface area contributed by atoms with Gasteiger partial charge in [0.2, 0.25) is 9.76 Å². The first-order chi connectivity index (χ1) is 26.8. The molecule has 328 valence electrons. The molecule has 0 N–H and O–H groups in total. The quantitative estimate of drug-likeness (QED) is 0.0578. The van der Waals surface area contributed by atoms with Crippen LogP contribution in [0, 0.1) is 35.5 Å². The zero-order valence-corrected chi connectivity index (χ0v) is 44.6. The lowest BCUT2D eigenvalue weighted by molar-refractivity contribution is 0.180. The fourth-order valence-corrected chi connectivity index (χ4v) is 35.2. The van der Waals surface area contributed by atoms with E-state index in [-0.39, 0.29) is 0 Å². The van der Waals surface area contributed by atoms with Crippen molar-refractivity contribution in [3.8, 4) is 0 Å². The number of hydrogen-bond donors (Lipinski definition) is 0. The summed E-state index contributed by atoms with van der Waals surface area (Å²) in [6, 6.07) is 7.93. The third kappa shape index (κ3) is 14.8. The zero-order valence-electron chi connectivity index (χ0n) is 38.6. The molecule has 2 radical (unpaired) electrons. The molecule has 7 aliphatic rings. The minimum Gasteiger partial charge on any atom is -0.456 e. The summed E-state index contributed by atoms with van der Waals surface area (Å²) < 4.78 is 39.1. The number of rotatable bonds is 23. The Labute approximate surface area is 359 Å². The standard InChI is InChI=1S/C45H88O6Si6/c1-53(2,50-54(3,4)26-21-36-13-17-41-44(31-36)47-41)25-20-35-11-15-38(23-28-56(7,8)51-55(5,6)27-22-37-14-18-42-45(32-37)48-42)39(29-35)33-57(9,10)49-52-24-19-34-12-16-40-43(30-34)46-40/h34-45H,11-33H2,1-10H3. The Balaban J connectivity index is 0.888. The fourth-order valence-electron chi connectivity index (χ4n) is 12.6. The number of fused-ring (bicyclic) bond motifs is 3. The maximum absolute atomic E-state index is 7.31. The van der Waals surface area contributed by atoms with E-state index in [9.17, 15) is 0 Å². The summed E-state index contributed by atoms with van der Waals surface area (Å²) in [5.74, 6) is 5.12. The lowest BCUT2D eigenvalue weighted by Crippen LogP contribution is -2.45. The van der Waals surface area contributed by atoms with E-state index in [1.807, 2.05) is 0 Å². The van der Waals surface area contributed by atoms with Crippen LogP contribution in [-0.4, -0.2) is 88.0 Å². The van der Waals surface area contributed by atoms with Gasteiger partial charge in [-0.25, -0.2) is 0 Å². The first kappa shape index (κ1) is 46.1. The lowest BCUT2D eigenvalue weighted by Gasteiger charge is -2.42. The van der Waals surface area contributed by atoms with Gasteiger partial charge in [-0.15, -0.1) is 0 Å². The van der Waals surface area contributed by atoms with Crippen LogP contribution in [0.3, 0.4) is 0 Å². The van der Waals surface area contributed by atoms with Crippen LogP contribution in [0.5, 0.6) is 0 Å². The van der Waals surface area contributed by atoms with Crippen molar-refractivity contribution >= 4 is 51.4 Å². The summed E-state index contributed by atoms with van der Waals surface area (Å²) in [6.07, 6.45) is 26.7. The van der Waals surface area contributed by atoms with E-state index in [0.717, 1.165) is 35.5 Å². The van der Waals surface area contributed by atoms with Crippen LogP contribution >= 0.6 is 0 Å². The second-order valence-electron chi connectivity index (χ2n) is 24.0. The highest BCUT2D eigenvalue weighted by Gasteiger charge is 2.47. The predicted molar refractivity (Wildman–Crippen MR) is 251 cm³/mol. The van der Waals surface area contributed by atoms with E-state index in [0.29, 0.717) is 46.4 Å². The maximum atomic E-state index is 7.31. The van der Waals surface area contributed by atoms with Crippen LogP contribution in [0.4, 0.5) is 0 Å².